The lowest BCUT2D eigenvalue weighted by atomic mass is 10.00. The molecule has 0 saturated carbocycles. The molecule has 6 nitrogen and oxygen atoms in total. The SMILES string of the molecule is COc1cc(F)cc(NC2CCN(c3ccc(C4CNNC4)cc3Cl)C2=O)c1. The molecule has 2 aliphatic rings. The normalized spacial score (nSPS) is 20.0. The maximum absolute atomic E-state index is 13.7. The average Bonchev–Trinajstić information content (AvgIpc) is 3.33. The van der Waals surface area contributed by atoms with Crippen LogP contribution in [0.4, 0.5) is 15.8 Å². The molecule has 0 aromatic heterocycles. The Morgan fingerprint density at radius 1 is 1.21 bits per heavy atom. The van der Waals surface area contributed by atoms with E-state index in [1.165, 1.54) is 19.2 Å². The summed E-state index contributed by atoms with van der Waals surface area (Å²) < 4.78 is 18.8. The van der Waals surface area contributed by atoms with E-state index in [2.05, 4.69) is 16.2 Å². The van der Waals surface area contributed by atoms with E-state index in [1.54, 1.807) is 11.0 Å². The molecule has 1 unspecified atom stereocenters. The van der Waals surface area contributed by atoms with Gasteiger partial charge >= 0.3 is 0 Å². The molecule has 8 heteroatoms. The zero-order valence-corrected chi connectivity index (χ0v) is 16.2. The number of methoxy groups -OCH3 is 1. The maximum atomic E-state index is 13.7. The van der Waals surface area contributed by atoms with Crippen LogP contribution in [0.15, 0.2) is 36.4 Å². The number of carbonyl (C=O) groups is 1. The van der Waals surface area contributed by atoms with Gasteiger partial charge in [-0.3, -0.25) is 15.6 Å². The second-order valence-corrected chi connectivity index (χ2v) is 7.43. The van der Waals surface area contributed by atoms with Crippen molar-refractivity contribution in [3.05, 3.63) is 52.8 Å². The molecule has 1 atom stereocenters. The molecule has 2 aliphatic heterocycles. The number of nitrogens with one attached hydrogen (secondary N) is 3. The van der Waals surface area contributed by atoms with Gasteiger partial charge in [-0.15, -0.1) is 0 Å². The maximum Gasteiger partial charge on any atom is 0.249 e. The molecule has 2 saturated heterocycles. The summed E-state index contributed by atoms with van der Waals surface area (Å²) in [5.41, 5.74) is 8.57. The minimum atomic E-state index is -0.439. The molecule has 2 aromatic carbocycles. The van der Waals surface area contributed by atoms with Crippen molar-refractivity contribution < 1.29 is 13.9 Å². The van der Waals surface area contributed by atoms with Crippen molar-refractivity contribution in [2.45, 2.75) is 18.4 Å². The third kappa shape index (κ3) is 3.78. The second-order valence-electron chi connectivity index (χ2n) is 7.02. The largest absolute Gasteiger partial charge is 0.497 e. The summed E-state index contributed by atoms with van der Waals surface area (Å²) in [5, 5.41) is 3.67. The van der Waals surface area contributed by atoms with Crippen LogP contribution in [-0.4, -0.2) is 38.7 Å². The van der Waals surface area contributed by atoms with E-state index in [-0.39, 0.29) is 5.91 Å². The molecule has 0 radical (unpaired) electrons. The molecule has 0 spiro atoms. The zero-order chi connectivity index (χ0) is 19.7. The van der Waals surface area contributed by atoms with Crippen LogP contribution in [0.1, 0.15) is 17.9 Å². The summed E-state index contributed by atoms with van der Waals surface area (Å²) in [7, 11) is 1.48. The third-order valence-electron chi connectivity index (χ3n) is 5.21. The van der Waals surface area contributed by atoms with Crippen molar-refractivity contribution in [1.82, 2.24) is 10.9 Å². The summed E-state index contributed by atoms with van der Waals surface area (Å²) in [4.78, 5) is 14.6. The number of hydrogen-bond acceptors (Lipinski definition) is 5. The second kappa shape index (κ2) is 7.95. The molecular weight excluding hydrogens is 383 g/mol. The monoisotopic (exact) mass is 404 g/mol. The van der Waals surface area contributed by atoms with Crippen molar-refractivity contribution in [2.75, 3.05) is 37.0 Å². The van der Waals surface area contributed by atoms with Crippen LogP contribution in [0.25, 0.3) is 0 Å². The first-order valence-electron chi connectivity index (χ1n) is 9.23. The standard InChI is InChI=1S/C20H22ClFN4O2/c1-28-16-8-14(22)7-15(9-16)25-18-4-5-26(20(18)27)19-3-2-12(6-17(19)21)13-10-23-24-11-13/h2-3,6-9,13,18,23-25H,4-5,10-11H2,1H3. The van der Waals surface area contributed by atoms with E-state index >= 15 is 0 Å². The number of ether oxygens (including phenoxy) is 1. The van der Waals surface area contributed by atoms with E-state index in [1.807, 2.05) is 18.2 Å². The zero-order valence-electron chi connectivity index (χ0n) is 15.5. The smallest absolute Gasteiger partial charge is 0.249 e. The fourth-order valence-electron chi connectivity index (χ4n) is 3.71. The molecular formula is C20H22ClFN4O2. The topological polar surface area (TPSA) is 65.6 Å². The number of amides is 1. The van der Waals surface area contributed by atoms with E-state index in [4.69, 9.17) is 16.3 Å². The Morgan fingerprint density at radius 2 is 2.00 bits per heavy atom. The fraction of sp³-hybridized carbons (Fsp3) is 0.350. The van der Waals surface area contributed by atoms with Crippen LogP contribution >= 0.6 is 11.6 Å². The van der Waals surface area contributed by atoms with Gasteiger partial charge in [0.05, 0.1) is 17.8 Å². The molecule has 3 N–H and O–H groups in total. The predicted molar refractivity (Wildman–Crippen MR) is 108 cm³/mol. The van der Waals surface area contributed by atoms with Gasteiger partial charge in [-0.2, -0.15) is 0 Å². The number of hydrazine groups is 1. The Morgan fingerprint density at radius 3 is 2.71 bits per heavy atom. The van der Waals surface area contributed by atoms with Crippen LogP contribution in [0.5, 0.6) is 5.75 Å². The Balaban J connectivity index is 1.49. The molecule has 0 aliphatic carbocycles. The number of benzene rings is 2. The third-order valence-corrected chi connectivity index (χ3v) is 5.51. The molecule has 0 bridgehead atoms. The first-order chi connectivity index (χ1) is 13.5. The van der Waals surface area contributed by atoms with Gasteiger partial charge < -0.3 is 15.0 Å². The molecule has 1 amide bonds. The van der Waals surface area contributed by atoms with Crippen LogP contribution in [0.2, 0.25) is 5.02 Å². The molecule has 2 heterocycles. The van der Waals surface area contributed by atoms with Gasteiger partial charge in [0, 0.05) is 43.4 Å². The summed E-state index contributed by atoms with van der Waals surface area (Å²) >= 11 is 6.50. The molecule has 2 fully saturated rings. The number of anilines is 2. The number of hydrogen-bond donors (Lipinski definition) is 3. The fourth-order valence-corrected chi connectivity index (χ4v) is 4.00. The van der Waals surface area contributed by atoms with E-state index in [0.717, 1.165) is 18.7 Å². The van der Waals surface area contributed by atoms with Crippen molar-refractivity contribution in [2.24, 2.45) is 0 Å². The van der Waals surface area contributed by atoms with Gasteiger partial charge in [0.15, 0.2) is 0 Å². The van der Waals surface area contributed by atoms with Gasteiger partial charge in [-0.1, -0.05) is 17.7 Å². The minimum absolute atomic E-state index is 0.0814. The Hall–Kier alpha value is -2.35. The number of nitrogens with zero attached hydrogens (tertiary/aromatic N) is 1. The lowest BCUT2D eigenvalue weighted by Gasteiger charge is -2.20. The molecule has 148 valence electrons. The van der Waals surface area contributed by atoms with Gasteiger partial charge in [0.1, 0.15) is 17.6 Å². The summed E-state index contributed by atoms with van der Waals surface area (Å²) in [6.07, 6.45) is 0.603. The molecule has 2 aromatic rings. The van der Waals surface area contributed by atoms with E-state index in [0.29, 0.717) is 41.0 Å². The van der Waals surface area contributed by atoms with Gasteiger partial charge in [0.2, 0.25) is 5.91 Å². The number of carbonyl (C=O) groups excluding carboxylic acids is 1. The summed E-state index contributed by atoms with van der Waals surface area (Å²) in [6, 6.07) is 9.74. The highest BCUT2D eigenvalue weighted by molar-refractivity contribution is 6.34. The van der Waals surface area contributed by atoms with E-state index in [9.17, 15) is 9.18 Å². The highest BCUT2D eigenvalue weighted by atomic mass is 35.5. The van der Waals surface area contributed by atoms with Gasteiger partial charge in [-0.25, -0.2) is 4.39 Å². The van der Waals surface area contributed by atoms with Crippen LogP contribution in [0, 0.1) is 5.82 Å². The van der Waals surface area contributed by atoms with Gasteiger partial charge in [0.25, 0.3) is 0 Å². The average molecular weight is 405 g/mol. The summed E-state index contributed by atoms with van der Waals surface area (Å²) in [5.74, 6) is 0.262. The number of halogens is 2. The molecule has 4 rings (SSSR count). The van der Waals surface area contributed by atoms with Crippen LogP contribution in [0.3, 0.4) is 0 Å². The van der Waals surface area contributed by atoms with Crippen molar-refractivity contribution >= 4 is 28.9 Å². The lowest BCUT2D eigenvalue weighted by Crippen LogP contribution is -2.33. The first-order valence-corrected chi connectivity index (χ1v) is 9.60. The van der Waals surface area contributed by atoms with Crippen molar-refractivity contribution in [3.8, 4) is 5.75 Å². The minimum Gasteiger partial charge on any atom is -0.497 e. The van der Waals surface area contributed by atoms with Crippen LogP contribution in [-0.2, 0) is 4.79 Å². The quantitative estimate of drug-likeness (QED) is 0.715. The van der Waals surface area contributed by atoms with Gasteiger partial charge in [-0.05, 0) is 30.2 Å². The first kappa shape index (κ1) is 19.0. The van der Waals surface area contributed by atoms with Crippen molar-refractivity contribution in [1.29, 1.82) is 0 Å². The van der Waals surface area contributed by atoms with Crippen molar-refractivity contribution in [3.63, 3.8) is 0 Å². The molecule has 28 heavy (non-hydrogen) atoms. The Labute approximate surface area is 168 Å². The number of rotatable bonds is 5. The van der Waals surface area contributed by atoms with Crippen LogP contribution < -0.4 is 25.8 Å². The highest BCUT2D eigenvalue weighted by Crippen LogP contribution is 2.33. The Bertz CT molecular complexity index is 889. The highest BCUT2D eigenvalue weighted by Gasteiger charge is 2.34. The Kier molecular flexibility index (Phi) is 5.39. The van der Waals surface area contributed by atoms with E-state index < -0.39 is 11.9 Å². The summed E-state index contributed by atoms with van der Waals surface area (Å²) in [6.45, 7) is 2.25. The lowest BCUT2D eigenvalue weighted by molar-refractivity contribution is -0.117. The predicted octanol–water partition coefficient (Wildman–Crippen LogP) is 2.90.